The maximum Gasteiger partial charge on any atom is 0.306 e. The van der Waals surface area contributed by atoms with Crippen LogP contribution in [0.5, 0.6) is 0 Å². The van der Waals surface area contributed by atoms with Crippen molar-refractivity contribution in [1.29, 1.82) is 0 Å². The van der Waals surface area contributed by atoms with Crippen LogP contribution < -0.4 is 0 Å². The van der Waals surface area contributed by atoms with Gasteiger partial charge in [-0.1, -0.05) is 243 Å². The molecule has 6 heteroatoms. The third-order valence-corrected chi connectivity index (χ3v) is 11.8. The van der Waals surface area contributed by atoms with Crippen molar-refractivity contribution in [3.05, 3.63) is 158 Å². The average molecular weight is 1020 g/mol. The number of esters is 3. The Bertz CT molecular complexity index is 1690. The molecule has 0 fully saturated rings. The second-order valence-electron chi connectivity index (χ2n) is 18.8. The molecule has 0 rings (SSSR count). The Morgan fingerprint density at radius 1 is 0.284 bits per heavy atom. The lowest BCUT2D eigenvalue weighted by atomic mass is 10.1. The van der Waals surface area contributed by atoms with E-state index < -0.39 is 6.10 Å². The molecule has 0 aliphatic carbocycles. The van der Waals surface area contributed by atoms with Crippen LogP contribution in [-0.4, -0.2) is 37.2 Å². The second kappa shape index (κ2) is 60.6. The van der Waals surface area contributed by atoms with Crippen LogP contribution in [-0.2, 0) is 28.6 Å². The molecule has 1 unspecified atom stereocenters. The van der Waals surface area contributed by atoms with Gasteiger partial charge in [0.2, 0.25) is 0 Å². The van der Waals surface area contributed by atoms with Crippen LogP contribution in [0.15, 0.2) is 158 Å². The van der Waals surface area contributed by atoms with E-state index in [2.05, 4.69) is 179 Å². The summed E-state index contributed by atoms with van der Waals surface area (Å²) in [6.45, 7) is 6.31. The summed E-state index contributed by atoms with van der Waals surface area (Å²) >= 11 is 0. The predicted molar refractivity (Wildman–Crippen MR) is 320 cm³/mol. The van der Waals surface area contributed by atoms with Crippen LogP contribution in [0.3, 0.4) is 0 Å². The molecule has 0 amide bonds. The Morgan fingerprint density at radius 3 is 0.838 bits per heavy atom. The fourth-order valence-electron chi connectivity index (χ4n) is 7.42. The first-order chi connectivity index (χ1) is 36.5. The van der Waals surface area contributed by atoms with Crippen molar-refractivity contribution >= 4 is 17.9 Å². The number of allylic oxidation sites excluding steroid dienone is 26. The number of unbranched alkanes of at least 4 members (excludes halogenated alkanes) is 14. The highest BCUT2D eigenvalue weighted by Gasteiger charge is 2.19. The third kappa shape index (κ3) is 57.9. The third-order valence-electron chi connectivity index (χ3n) is 11.8. The molecule has 74 heavy (non-hydrogen) atoms. The van der Waals surface area contributed by atoms with Crippen molar-refractivity contribution in [2.75, 3.05) is 13.2 Å². The lowest BCUT2D eigenvalue weighted by Crippen LogP contribution is -2.30. The van der Waals surface area contributed by atoms with Crippen molar-refractivity contribution in [3.63, 3.8) is 0 Å². The van der Waals surface area contributed by atoms with E-state index in [1.54, 1.807) is 0 Å². The van der Waals surface area contributed by atoms with Gasteiger partial charge in [-0.3, -0.25) is 14.4 Å². The molecule has 0 radical (unpaired) electrons. The highest BCUT2D eigenvalue weighted by Crippen LogP contribution is 2.13. The molecular weight excluding hydrogens is 913 g/mol. The molecule has 0 aromatic heterocycles. The zero-order valence-corrected chi connectivity index (χ0v) is 47.3. The van der Waals surface area contributed by atoms with E-state index in [0.29, 0.717) is 12.8 Å². The van der Waals surface area contributed by atoms with Gasteiger partial charge < -0.3 is 14.2 Å². The molecule has 0 saturated heterocycles. The van der Waals surface area contributed by atoms with Gasteiger partial charge in [0.05, 0.1) is 0 Å². The van der Waals surface area contributed by atoms with E-state index in [1.165, 1.54) is 32.1 Å². The Labute approximate surface area is 454 Å². The average Bonchev–Trinajstić information content (AvgIpc) is 3.40. The first kappa shape index (κ1) is 69.0. The maximum atomic E-state index is 12.8. The number of hydrogen-bond donors (Lipinski definition) is 0. The van der Waals surface area contributed by atoms with Gasteiger partial charge in [0.1, 0.15) is 13.2 Å². The predicted octanol–water partition coefficient (Wildman–Crippen LogP) is 20.1. The summed E-state index contributed by atoms with van der Waals surface area (Å²) in [7, 11) is 0. The molecule has 1 atom stereocenters. The monoisotopic (exact) mass is 1020 g/mol. The zero-order valence-electron chi connectivity index (χ0n) is 47.3. The first-order valence-electron chi connectivity index (χ1n) is 29.5. The molecule has 0 aliphatic heterocycles. The van der Waals surface area contributed by atoms with Gasteiger partial charge >= 0.3 is 17.9 Å². The molecule has 0 bridgehead atoms. The van der Waals surface area contributed by atoms with Gasteiger partial charge in [0.25, 0.3) is 0 Å². The second-order valence-corrected chi connectivity index (χ2v) is 18.8. The number of carbonyl (C=O) groups excluding carboxylic acids is 3. The Kier molecular flexibility index (Phi) is 56.5. The van der Waals surface area contributed by atoms with Crippen LogP contribution >= 0.6 is 0 Å². The highest BCUT2D eigenvalue weighted by molar-refractivity contribution is 5.71. The first-order valence-corrected chi connectivity index (χ1v) is 29.5. The summed E-state index contributed by atoms with van der Waals surface area (Å²) in [5, 5.41) is 0. The van der Waals surface area contributed by atoms with Gasteiger partial charge in [-0.15, -0.1) is 0 Å². The Hall–Kier alpha value is -4.97. The molecule has 6 nitrogen and oxygen atoms in total. The molecule has 0 aliphatic rings. The van der Waals surface area contributed by atoms with Crippen molar-refractivity contribution < 1.29 is 28.6 Å². The standard InChI is InChI=1S/C68H106O6/c1-4-7-10-13-16-19-21-23-25-27-29-31-33-34-36-37-39-41-43-45-47-49-52-55-58-61-67(70)73-64-65(63-72-66(69)60-57-54-51-18-15-12-9-6-3)74-68(71)62-59-56-53-50-48-46-44-42-40-38-35-32-30-28-26-24-22-20-17-14-11-8-5-2/h7-8,10-11,16-17,19-20,23-26,29-32,34,36,38-41,44-47,65H,4-6,9,12-15,18,21-22,27-28,33,35,37,42-43,48-64H2,1-3H3/b10-7-,11-8-,19-16-,20-17-,25-23-,26-24-,31-29-,32-30-,36-34-,40-38-,41-39-,46-44-,47-45-. The fourth-order valence-corrected chi connectivity index (χ4v) is 7.42. The number of carbonyl (C=O) groups is 3. The van der Waals surface area contributed by atoms with Crippen LogP contribution in [0.2, 0.25) is 0 Å². The lowest BCUT2D eigenvalue weighted by Gasteiger charge is -2.18. The van der Waals surface area contributed by atoms with Gasteiger partial charge in [0, 0.05) is 19.3 Å². The maximum absolute atomic E-state index is 12.8. The number of hydrogen-bond acceptors (Lipinski definition) is 6. The molecule has 0 aromatic rings. The SMILES string of the molecule is CC/C=C\C/C=C\C/C=C\C/C=C\C/C=C\C/C=C\C/C=C\CCCCCC(=O)OCC(COC(=O)CCCCCCCCCC)OC(=O)CCCCCC/C=C\C/C=C\C/C=C\C/C=C\C/C=C\C/C=C\CC. The van der Waals surface area contributed by atoms with Crippen molar-refractivity contribution in [2.45, 2.75) is 239 Å². The molecule has 414 valence electrons. The van der Waals surface area contributed by atoms with E-state index in [9.17, 15) is 14.4 Å². The largest absolute Gasteiger partial charge is 0.462 e. The normalized spacial score (nSPS) is 13.3. The summed E-state index contributed by atoms with van der Waals surface area (Å²) < 4.78 is 16.8. The summed E-state index contributed by atoms with van der Waals surface area (Å²) in [6.07, 6.45) is 88.2. The molecule has 0 saturated carbocycles. The van der Waals surface area contributed by atoms with Crippen LogP contribution in [0, 0.1) is 0 Å². The van der Waals surface area contributed by atoms with Crippen LogP contribution in [0.1, 0.15) is 233 Å². The summed E-state index contributed by atoms with van der Waals surface area (Å²) in [4.78, 5) is 38.1. The van der Waals surface area contributed by atoms with Crippen LogP contribution in [0.4, 0.5) is 0 Å². The molecular formula is C68H106O6. The minimum atomic E-state index is -0.812. The van der Waals surface area contributed by atoms with Crippen molar-refractivity contribution in [2.24, 2.45) is 0 Å². The summed E-state index contributed by atoms with van der Waals surface area (Å²) in [5.41, 5.74) is 0. The smallest absolute Gasteiger partial charge is 0.306 e. The number of ether oxygens (including phenoxy) is 3. The molecule has 0 spiro atoms. The molecule has 0 heterocycles. The van der Waals surface area contributed by atoms with Crippen LogP contribution in [0.25, 0.3) is 0 Å². The highest BCUT2D eigenvalue weighted by atomic mass is 16.6. The Morgan fingerprint density at radius 2 is 0.527 bits per heavy atom. The van der Waals surface area contributed by atoms with E-state index >= 15 is 0 Å². The lowest BCUT2D eigenvalue weighted by molar-refractivity contribution is -0.167. The summed E-state index contributed by atoms with van der Waals surface area (Å²) in [6, 6.07) is 0. The fraction of sp³-hybridized carbons (Fsp3) is 0.574. The van der Waals surface area contributed by atoms with E-state index in [0.717, 1.165) is 161 Å². The topological polar surface area (TPSA) is 78.9 Å². The molecule has 0 N–H and O–H groups in total. The van der Waals surface area contributed by atoms with E-state index in [-0.39, 0.29) is 37.5 Å². The van der Waals surface area contributed by atoms with Gasteiger partial charge in [0.15, 0.2) is 6.10 Å². The minimum absolute atomic E-state index is 0.105. The summed E-state index contributed by atoms with van der Waals surface area (Å²) in [5.74, 6) is -0.978. The zero-order chi connectivity index (χ0) is 53.6. The van der Waals surface area contributed by atoms with Crippen molar-refractivity contribution in [3.8, 4) is 0 Å². The van der Waals surface area contributed by atoms with E-state index in [4.69, 9.17) is 14.2 Å². The van der Waals surface area contributed by atoms with Crippen molar-refractivity contribution in [1.82, 2.24) is 0 Å². The Balaban J connectivity index is 4.40. The van der Waals surface area contributed by atoms with Gasteiger partial charge in [-0.25, -0.2) is 0 Å². The van der Waals surface area contributed by atoms with Gasteiger partial charge in [-0.2, -0.15) is 0 Å². The minimum Gasteiger partial charge on any atom is -0.462 e. The molecule has 0 aromatic carbocycles. The quantitative estimate of drug-likeness (QED) is 0.0261. The number of rotatable bonds is 51. The van der Waals surface area contributed by atoms with Gasteiger partial charge in [-0.05, 0) is 128 Å². The van der Waals surface area contributed by atoms with E-state index in [1.807, 2.05) is 0 Å².